The summed E-state index contributed by atoms with van der Waals surface area (Å²) in [6, 6.07) is 8.34. The number of rotatable bonds is 5. The fourth-order valence-corrected chi connectivity index (χ4v) is 4.69. The van der Waals surface area contributed by atoms with Crippen molar-refractivity contribution >= 4 is 33.4 Å². The zero-order valence-electron chi connectivity index (χ0n) is 17.2. The molecule has 1 fully saturated rings. The minimum Gasteiger partial charge on any atom is -0.350 e. The molecule has 0 radical (unpaired) electrons. The van der Waals surface area contributed by atoms with Crippen LogP contribution in [0.5, 0.6) is 0 Å². The molecule has 2 heterocycles. The summed E-state index contributed by atoms with van der Waals surface area (Å²) in [5.74, 6) is -0.165. The van der Waals surface area contributed by atoms with Gasteiger partial charge in [-0.15, -0.1) is 11.3 Å². The van der Waals surface area contributed by atoms with Crippen molar-refractivity contribution in [3.63, 3.8) is 0 Å². The van der Waals surface area contributed by atoms with Crippen molar-refractivity contribution in [3.05, 3.63) is 29.3 Å². The number of aromatic nitrogens is 1. The van der Waals surface area contributed by atoms with Gasteiger partial charge in [-0.25, -0.2) is 4.98 Å². The molecule has 7 heteroatoms. The molecule has 1 atom stereocenters. The zero-order chi connectivity index (χ0) is 20.3. The second-order valence-corrected chi connectivity index (χ2v) is 9.61. The van der Waals surface area contributed by atoms with Crippen molar-refractivity contribution < 1.29 is 9.59 Å². The standard InChI is InChI=1S/C21H30N4O2S/c1-21(2,3)23-18(26)13-24(4)19(27)14-25-12-8-7-10-16(25)20-22-15-9-5-6-11-17(15)28-20/h5-6,9,11,16H,7-8,10,12-14H2,1-4H3,(H,23,26)/t16-/m1/s1. The third-order valence-electron chi connectivity index (χ3n) is 4.87. The molecule has 1 aromatic carbocycles. The molecule has 0 unspecified atom stereocenters. The summed E-state index contributed by atoms with van der Waals surface area (Å²) >= 11 is 1.72. The maximum Gasteiger partial charge on any atom is 0.240 e. The van der Waals surface area contributed by atoms with E-state index in [-0.39, 0.29) is 29.9 Å². The van der Waals surface area contributed by atoms with Crippen LogP contribution in [0.25, 0.3) is 10.2 Å². The summed E-state index contributed by atoms with van der Waals surface area (Å²) in [6.45, 7) is 7.08. The number of para-hydroxylation sites is 1. The first-order chi connectivity index (χ1) is 13.2. The molecular weight excluding hydrogens is 372 g/mol. The number of thiazole rings is 1. The van der Waals surface area contributed by atoms with Crippen LogP contribution >= 0.6 is 11.3 Å². The minimum atomic E-state index is -0.300. The van der Waals surface area contributed by atoms with E-state index in [0.717, 1.165) is 36.3 Å². The average Bonchev–Trinajstić information content (AvgIpc) is 3.04. The second-order valence-electron chi connectivity index (χ2n) is 8.55. The number of fused-ring (bicyclic) bond motifs is 1. The van der Waals surface area contributed by atoms with E-state index in [1.807, 2.05) is 39.0 Å². The predicted octanol–water partition coefficient (Wildman–Crippen LogP) is 3.20. The number of piperidine rings is 1. The van der Waals surface area contributed by atoms with Gasteiger partial charge in [0.1, 0.15) is 5.01 Å². The number of carbonyl (C=O) groups is 2. The molecule has 1 N–H and O–H groups in total. The molecule has 0 bridgehead atoms. The largest absolute Gasteiger partial charge is 0.350 e. The Morgan fingerprint density at radius 3 is 2.75 bits per heavy atom. The van der Waals surface area contributed by atoms with E-state index in [9.17, 15) is 9.59 Å². The van der Waals surface area contributed by atoms with Crippen LogP contribution in [0.2, 0.25) is 0 Å². The molecule has 2 aromatic rings. The van der Waals surface area contributed by atoms with Gasteiger partial charge in [0.15, 0.2) is 0 Å². The number of likely N-dealkylation sites (N-methyl/N-ethyl adjacent to an activating group) is 1. The Labute approximate surface area is 170 Å². The molecule has 0 saturated carbocycles. The number of benzene rings is 1. The van der Waals surface area contributed by atoms with Crippen LogP contribution in [-0.2, 0) is 9.59 Å². The minimum absolute atomic E-state index is 0.0305. The van der Waals surface area contributed by atoms with Gasteiger partial charge >= 0.3 is 0 Å². The maximum atomic E-state index is 12.7. The molecule has 2 amide bonds. The van der Waals surface area contributed by atoms with Crippen molar-refractivity contribution in [3.8, 4) is 0 Å². The van der Waals surface area contributed by atoms with Crippen molar-refractivity contribution in [2.45, 2.75) is 51.6 Å². The van der Waals surface area contributed by atoms with Crippen LogP contribution in [-0.4, -0.2) is 58.8 Å². The van der Waals surface area contributed by atoms with E-state index < -0.39 is 0 Å². The van der Waals surface area contributed by atoms with E-state index >= 15 is 0 Å². The molecule has 28 heavy (non-hydrogen) atoms. The summed E-state index contributed by atoms with van der Waals surface area (Å²) in [4.78, 5) is 33.4. The van der Waals surface area contributed by atoms with Crippen LogP contribution in [0.4, 0.5) is 0 Å². The van der Waals surface area contributed by atoms with E-state index in [2.05, 4.69) is 16.3 Å². The summed E-state index contributed by atoms with van der Waals surface area (Å²) in [5, 5.41) is 3.99. The summed E-state index contributed by atoms with van der Waals surface area (Å²) < 4.78 is 1.19. The van der Waals surface area contributed by atoms with Gasteiger partial charge in [-0.1, -0.05) is 18.6 Å². The number of hydrogen-bond donors (Lipinski definition) is 1. The second kappa shape index (κ2) is 8.57. The Bertz CT molecular complexity index is 809. The van der Waals surface area contributed by atoms with Crippen molar-refractivity contribution in [1.82, 2.24) is 20.1 Å². The molecule has 6 nitrogen and oxygen atoms in total. The van der Waals surface area contributed by atoms with Crippen molar-refractivity contribution in [2.24, 2.45) is 0 Å². The van der Waals surface area contributed by atoms with Gasteiger partial charge in [-0.3, -0.25) is 14.5 Å². The number of hydrogen-bond acceptors (Lipinski definition) is 5. The van der Waals surface area contributed by atoms with Crippen LogP contribution in [0.1, 0.15) is 51.1 Å². The van der Waals surface area contributed by atoms with E-state index in [4.69, 9.17) is 4.98 Å². The quantitative estimate of drug-likeness (QED) is 0.834. The van der Waals surface area contributed by atoms with E-state index in [1.165, 1.54) is 9.60 Å². The molecule has 152 valence electrons. The molecule has 0 aliphatic carbocycles. The zero-order valence-corrected chi connectivity index (χ0v) is 18.0. The molecule has 1 aliphatic rings. The van der Waals surface area contributed by atoms with Gasteiger partial charge < -0.3 is 10.2 Å². The number of nitrogens with zero attached hydrogens (tertiary/aromatic N) is 3. The first-order valence-corrected chi connectivity index (χ1v) is 10.7. The molecule has 1 aliphatic heterocycles. The Hall–Kier alpha value is -1.99. The fourth-order valence-electron chi connectivity index (χ4n) is 3.55. The normalized spacial score (nSPS) is 18.2. The highest BCUT2D eigenvalue weighted by Gasteiger charge is 2.29. The van der Waals surface area contributed by atoms with Crippen LogP contribution in [0.3, 0.4) is 0 Å². The molecule has 0 spiro atoms. The van der Waals surface area contributed by atoms with Crippen molar-refractivity contribution in [2.75, 3.05) is 26.7 Å². The first-order valence-electron chi connectivity index (χ1n) is 9.87. The van der Waals surface area contributed by atoms with E-state index in [1.54, 1.807) is 18.4 Å². The van der Waals surface area contributed by atoms with Crippen LogP contribution < -0.4 is 5.32 Å². The molecule has 1 aromatic heterocycles. The van der Waals surface area contributed by atoms with Crippen LogP contribution in [0, 0.1) is 0 Å². The average molecular weight is 403 g/mol. The highest BCUT2D eigenvalue weighted by molar-refractivity contribution is 7.18. The fraction of sp³-hybridized carbons (Fsp3) is 0.571. The molecule has 1 saturated heterocycles. The predicted molar refractivity (Wildman–Crippen MR) is 113 cm³/mol. The van der Waals surface area contributed by atoms with Gasteiger partial charge in [0.2, 0.25) is 11.8 Å². The maximum absolute atomic E-state index is 12.7. The summed E-state index contributed by atoms with van der Waals surface area (Å²) in [7, 11) is 1.70. The first kappa shape index (κ1) is 20.7. The lowest BCUT2D eigenvalue weighted by Crippen LogP contribution is -2.48. The lowest BCUT2D eigenvalue weighted by Gasteiger charge is -2.35. The number of amides is 2. The van der Waals surface area contributed by atoms with Gasteiger partial charge in [-0.2, -0.15) is 0 Å². The van der Waals surface area contributed by atoms with Gasteiger partial charge in [0.05, 0.1) is 29.3 Å². The summed E-state index contributed by atoms with van der Waals surface area (Å²) in [6.07, 6.45) is 3.25. The smallest absolute Gasteiger partial charge is 0.240 e. The Morgan fingerprint density at radius 2 is 2.04 bits per heavy atom. The monoisotopic (exact) mass is 402 g/mol. The Morgan fingerprint density at radius 1 is 1.29 bits per heavy atom. The van der Waals surface area contributed by atoms with Gasteiger partial charge in [-0.05, 0) is 52.3 Å². The summed E-state index contributed by atoms with van der Waals surface area (Å²) in [5.41, 5.74) is 0.724. The number of likely N-dealkylation sites (tertiary alicyclic amines) is 1. The highest BCUT2D eigenvalue weighted by atomic mass is 32.1. The SMILES string of the molecule is CN(CC(=O)NC(C)(C)C)C(=O)CN1CCCC[C@@H]1c1nc2ccccc2s1. The third-order valence-corrected chi connectivity index (χ3v) is 6.01. The molecule has 3 rings (SSSR count). The lowest BCUT2D eigenvalue weighted by molar-refractivity contribution is -0.136. The number of carbonyl (C=O) groups excluding carboxylic acids is 2. The molecular formula is C21H30N4O2S. The topological polar surface area (TPSA) is 65.5 Å². The highest BCUT2D eigenvalue weighted by Crippen LogP contribution is 2.35. The lowest BCUT2D eigenvalue weighted by atomic mass is 10.0. The van der Waals surface area contributed by atoms with Gasteiger partial charge in [0.25, 0.3) is 0 Å². The number of nitrogens with one attached hydrogen (secondary N) is 1. The van der Waals surface area contributed by atoms with Gasteiger partial charge in [0, 0.05) is 12.6 Å². The third kappa shape index (κ3) is 5.29. The van der Waals surface area contributed by atoms with Crippen molar-refractivity contribution in [1.29, 1.82) is 0 Å². The van der Waals surface area contributed by atoms with Crippen LogP contribution in [0.15, 0.2) is 24.3 Å². The Balaban J connectivity index is 1.65. The van der Waals surface area contributed by atoms with E-state index in [0.29, 0.717) is 6.54 Å². The Kier molecular flexibility index (Phi) is 6.35.